The van der Waals surface area contributed by atoms with Gasteiger partial charge < -0.3 is 5.21 Å². The summed E-state index contributed by atoms with van der Waals surface area (Å²) >= 11 is 0. The lowest BCUT2D eigenvalue weighted by Gasteiger charge is -2.04. The van der Waals surface area contributed by atoms with E-state index >= 15 is 0 Å². The van der Waals surface area contributed by atoms with Gasteiger partial charge in [-0.05, 0) is 5.56 Å². The lowest BCUT2D eigenvalue weighted by Crippen LogP contribution is -2.09. The zero-order valence-corrected chi connectivity index (χ0v) is 9.78. The van der Waals surface area contributed by atoms with Gasteiger partial charge in [-0.25, -0.2) is 0 Å². The van der Waals surface area contributed by atoms with E-state index in [0.717, 1.165) is 5.56 Å². The Morgan fingerprint density at radius 1 is 0.889 bits per heavy atom. The van der Waals surface area contributed by atoms with Gasteiger partial charge in [0, 0.05) is 5.56 Å². The van der Waals surface area contributed by atoms with Gasteiger partial charge in [-0.2, -0.15) is 0 Å². The first-order valence-electron chi connectivity index (χ1n) is 5.66. The summed E-state index contributed by atoms with van der Waals surface area (Å²) in [5.41, 5.74) is 1.75. The molecule has 0 amide bonds. The van der Waals surface area contributed by atoms with Crippen LogP contribution in [-0.4, -0.2) is 16.7 Å². The molecule has 0 spiro atoms. The highest BCUT2D eigenvalue weighted by Crippen LogP contribution is 2.09. The Balaban J connectivity index is 2.16. The number of ketones is 1. The summed E-state index contributed by atoms with van der Waals surface area (Å²) < 4.78 is 0. The number of hydrogen-bond acceptors (Lipinski definition) is 3. The largest absolute Gasteiger partial charge is 0.411 e. The van der Waals surface area contributed by atoms with Crippen molar-refractivity contribution in [2.24, 2.45) is 5.16 Å². The van der Waals surface area contributed by atoms with E-state index in [1.165, 1.54) is 0 Å². The average Bonchev–Trinajstić information content (AvgIpc) is 2.46. The fourth-order valence-corrected chi connectivity index (χ4v) is 1.70. The highest BCUT2D eigenvalue weighted by atomic mass is 16.4. The Kier molecular flexibility index (Phi) is 3.86. The van der Waals surface area contributed by atoms with E-state index in [4.69, 9.17) is 5.21 Å². The van der Waals surface area contributed by atoms with E-state index in [1.807, 2.05) is 48.5 Å². The second-order valence-corrected chi connectivity index (χ2v) is 3.88. The molecule has 0 aromatic heterocycles. The van der Waals surface area contributed by atoms with Crippen molar-refractivity contribution in [3.8, 4) is 0 Å². The minimum absolute atomic E-state index is 0.0627. The van der Waals surface area contributed by atoms with Crippen LogP contribution in [-0.2, 0) is 0 Å². The Morgan fingerprint density at radius 2 is 1.39 bits per heavy atom. The molecule has 3 heteroatoms. The highest BCUT2D eigenvalue weighted by molar-refractivity contribution is 6.15. The third-order valence-corrected chi connectivity index (χ3v) is 2.65. The first-order valence-corrected chi connectivity index (χ1v) is 5.66. The van der Waals surface area contributed by atoms with Crippen LogP contribution in [0, 0.1) is 0 Å². The number of nitrogens with zero attached hydrogens (tertiary/aromatic N) is 1. The third kappa shape index (κ3) is 2.83. The maximum absolute atomic E-state index is 12.0. The summed E-state index contributed by atoms with van der Waals surface area (Å²) in [6.45, 7) is 0. The Hall–Kier alpha value is -2.42. The molecular weight excluding hydrogens is 226 g/mol. The maximum Gasteiger partial charge on any atom is 0.168 e. The molecule has 0 saturated heterocycles. The molecule has 0 unspecified atom stereocenters. The summed E-state index contributed by atoms with van der Waals surface area (Å²) in [4.78, 5) is 12.0. The van der Waals surface area contributed by atoms with Crippen LogP contribution in [0.1, 0.15) is 22.3 Å². The van der Waals surface area contributed by atoms with Crippen LogP contribution in [0.4, 0.5) is 0 Å². The number of benzene rings is 2. The zero-order chi connectivity index (χ0) is 12.8. The van der Waals surface area contributed by atoms with Gasteiger partial charge in [-0.1, -0.05) is 65.8 Å². The molecule has 3 nitrogen and oxygen atoms in total. The number of oxime groups is 1. The molecule has 0 heterocycles. The van der Waals surface area contributed by atoms with Gasteiger partial charge >= 0.3 is 0 Å². The van der Waals surface area contributed by atoms with Gasteiger partial charge in [0.05, 0.1) is 12.1 Å². The number of Topliss-reactive ketones (excluding diaryl/α,β-unsaturated/α-hetero) is 1. The molecule has 90 valence electrons. The molecule has 2 aromatic rings. The Bertz CT molecular complexity index is 547. The first kappa shape index (κ1) is 12.0. The normalized spacial score (nSPS) is 11.2. The van der Waals surface area contributed by atoms with E-state index < -0.39 is 0 Å². The van der Waals surface area contributed by atoms with Crippen molar-refractivity contribution >= 4 is 11.5 Å². The van der Waals surface area contributed by atoms with Gasteiger partial charge in [0.1, 0.15) is 0 Å². The van der Waals surface area contributed by atoms with Gasteiger partial charge in [0.2, 0.25) is 0 Å². The van der Waals surface area contributed by atoms with Crippen molar-refractivity contribution < 1.29 is 10.0 Å². The van der Waals surface area contributed by atoms with Gasteiger partial charge in [0.25, 0.3) is 0 Å². The quantitative estimate of drug-likeness (QED) is 0.385. The van der Waals surface area contributed by atoms with Crippen LogP contribution in [0.2, 0.25) is 0 Å². The standard InChI is InChI=1S/C15H13NO2/c17-15(13-9-5-2-6-10-13)11-14(16-18)12-7-3-1-4-8-12/h1-10,18H,11H2/b16-14+. The summed E-state index contributed by atoms with van der Waals surface area (Å²) in [7, 11) is 0. The number of rotatable bonds is 4. The average molecular weight is 239 g/mol. The van der Waals surface area contributed by atoms with Crippen LogP contribution in [0.15, 0.2) is 65.8 Å². The SMILES string of the molecule is O=C(C/C(=N\O)c1ccccc1)c1ccccc1. The molecular formula is C15H13NO2. The molecule has 18 heavy (non-hydrogen) atoms. The topological polar surface area (TPSA) is 49.7 Å². The van der Waals surface area contributed by atoms with Crippen molar-refractivity contribution in [1.29, 1.82) is 0 Å². The van der Waals surface area contributed by atoms with Crippen LogP contribution in [0.3, 0.4) is 0 Å². The highest BCUT2D eigenvalue weighted by Gasteiger charge is 2.11. The van der Waals surface area contributed by atoms with E-state index in [9.17, 15) is 4.79 Å². The molecule has 0 aliphatic carbocycles. The third-order valence-electron chi connectivity index (χ3n) is 2.65. The maximum atomic E-state index is 12.0. The molecule has 2 rings (SSSR count). The Labute approximate surface area is 105 Å². The molecule has 0 aliphatic heterocycles. The predicted molar refractivity (Wildman–Crippen MR) is 70.2 cm³/mol. The molecule has 1 N–H and O–H groups in total. The summed E-state index contributed by atoms with van der Waals surface area (Å²) in [6, 6.07) is 18.2. The van der Waals surface area contributed by atoms with Gasteiger partial charge in [-0.15, -0.1) is 0 Å². The molecule has 0 bridgehead atoms. The molecule has 0 fully saturated rings. The lowest BCUT2D eigenvalue weighted by atomic mass is 10.0. The smallest absolute Gasteiger partial charge is 0.168 e. The summed E-state index contributed by atoms with van der Waals surface area (Å²) in [5, 5.41) is 12.2. The minimum atomic E-state index is -0.0627. The monoisotopic (exact) mass is 239 g/mol. The van der Waals surface area contributed by atoms with Crippen LogP contribution in [0.5, 0.6) is 0 Å². The van der Waals surface area contributed by atoms with Gasteiger partial charge in [0.15, 0.2) is 5.78 Å². The summed E-state index contributed by atoms with van der Waals surface area (Å²) in [5.74, 6) is -0.0627. The number of carbonyl (C=O) groups excluding carboxylic acids is 1. The van der Waals surface area contributed by atoms with E-state index in [1.54, 1.807) is 12.1 Å². The lowest BCUT2D eigenvalue weighted by molar-refractivity contribution is 0.0999. The van der Waals surface area contributed by atoms with Crippen LogP contribution < -0.4 is 0 Å². The van der Waals surface area contributed by atoms with Crippen molar-refractivity contribution in [3.05, 3.63) is 71.8 Å². The second kappa shape index (κ2) is 5.77. The van der Waals surface area contributed by atoms with Crippen molar-refractivity contribution in [1.82, 2.24) is 0 Å². The molecule has 0 saturated carbocycles. The zero-order valence-electron chi connectivity index (χ0n) is 9.78. The van der Waals surface area contributed by atoms with Crippen LogP contribution in [0.25, 0.3) is 0 Å². The molecule has 0 aliphatic rings. The summed E-state index contributed by atoms with van der Waals surface area (Å²) in [6.07, 6.45) is 0.0878. The second-order valence-electron chi connectivity index (χ2n) is 3.88. The molecule has 0 radical (unpaired) electrons. The van der Waals surface area contributed by atoms with Crippen LogP contribution >= 0.6 is 0 Å². The van der Waals surface area contributed by atoms with Crippen molar-refractivity contribution in [2.75, 3.05) is 0 Å². The molecule has 0 atom stereocenters. The van der Waals surface area contributed by atoms with Gasteiger partial charge in [-0.3, -0.25) is 4.79 Å². The number of hydrogen-bond donors (Lipinski definition) is 1. The van der Waals surface area contributed by atoms with Crippen molar-refractivity contribution in [3.63, 3.8) is 0 Å². The number of carbonyl (C=O) groups is 1. The van der Waals surface area contributed by atoms with E-state index in [0.29, 0.717) is 11.3 Å². The van der Waals surface area contributed by atoms with Crippen molar-refractivity contribution in [2.45, 2.75) is 6.42 Å². The van der Waals surface area contributed by atoms with E-state index in [2.05, 4.69) is 5.16 Å². The first-order chi connectivity index (χ1) is 8.81. The van der Waals surface area contributed by atoms with E-state index in [-0.39, 0.29) is 12.2 Å². The fraction of sp³-hybridized carbons (Fsp3) is 0.0667. The molecule has 2 aromatic carbocycles. The minimum Gasteiger partial charge on any atom is -0.411 e. The fourth-order valence-electron chi connectivity index (χ4n) is 1.70. The Morgan fingerprint density at radius 3 is 1.89 bits per heavy atom. The predicted octanol–water partition coefficient (Wildman–Crippen LogP) is 3.14.